The molecule has 1 aromatic heterocycles. The molecule has 0 radical (unpaired) electrons. The number of piperazine rings is 2. The van der Waals surface area contributed by atoms with Gasteiger partial charge in [0.2, 0.25) is 5.91 Å². The number of carbonyl (C=O) groups is 1. The van der Waals surface area contributed by atoms with Crippen molar-refractivity contribution in [3.63, 3.8) is 0 Å². The second kappa shape index (κ2) is 7.27. The summed E-state index contributed by atoms with van der Waals surface area (Å²) in [4.78, 5) is 23.8. The monoisotopic (exact) mass is 317 g/mol. The molecule has 126 valence electrons. The molecule has 1 aromatic rings. The maximum absolute atomic E-state index is 12.8. The Hall–Kier alpha value is -1.66. The molecule has 3 heterocycles. The van der Waals surface area contributed by atoms with Gasteiger partial charge in [-0.1, -0.05) is 6.07 Å². The van der Waals surface area contributed by atoms with Crippen LogP contribution >= 0.6 is 0 Å². The predicted molar refractivity (Wildman–Crippen MR) is 91.5 cm³/mol. The summed E-state index contributed by atoms with van der Waals surface area (Å²) in [5.74, 6) is 1.25. The fourth-order valence-electron chi connectivity index (χ4n) is 3.32. The first kappa shape index (κ1) is 16.2. The molecule has 23 heavy (non-hydrogen) atoms. The van der Waals surface area contributed by atoms with Gasteiger partial charge in [0.15, 0.2) is 0 Å². The van der Waals surface area contributed by atoms with E-state index in [4.69, 9.17) is 0 Å². The van der Waals surface area contributed by atoms with Crippen LogP contribution in [-0.4, -0.2) is 78.6 Å². The van der Waals surface area contributed by atoms with Crippen molar-refractivity contribution in [2.24, 2.45) is 0 Å². The van der Waals surface area contributed by atoms with Crippen LogP contribution in [0.4, 0.5) is 5.82 Å². The molecular formula is C17H27N5O. The Kier molecular flexibility index (Phi) is 5.13. The van der Waals surface area contributed by atoms with Gasteiger partial charge in [0.25, 0.3) is 0 Å². The minimum absolute atomic E-state index is 0.0625. The molecular weight excluding hydrogens is 290 g/mol. The first-order chi connectivity index (χ1) is 11.1. The van der Waals surface area contributed by atoms with E-state index in [1.165, 1.54) is 0 Å². The van der Waals surface area contributed by atoms with E-state index in [9.17, 15) is 4.79 Å². The zero-order valence-electron chi connectivity index (χ0n) is 14.1. The average molecular weight is 317 g/mol. The van der Waals surface area contributed by atoms with E-state index in [-0.39, 0.29) is 11.9 Å². The van der Waals surface area contributed by atoms with Gasteiger partial charge < -0.3 is 15.1 Å². The van der Waals surface area contributed by atoms with Crippen molar-refractivity contribution in [3.8, 4) is 0 Å². The summed E-state index contributed by atoms with van der Waals surface area (Å²) in [5.41, 5.74) is 0. The number of rotatable bonds is 3. The highest BCUT2D eigenvalue weighted by molar-refractivity contribution is 5.82. The van der Waals surface area contributed by atoms with Gasteiger partial charge in [-0.2, -0.15) is 0 Å². The number of nitrogens with zero attached hydrogens (tertiary/aromatic N) is 4. The van der Waals surface area contributed by atoms with Gasteiger partial charge in [0.1, 0.15) is 5.82 Å². The van der Waals surface area contributed by atoms with E-state index in [2.05, 4.69) is 33.9 Å². The molecule has 6 nitrogen and oxygen atoms in total. The molecule has 0 bridgehead atoms. The van der Waals surface area contributed by atoms with Gasteiger partial charge >= 0.3 is 0 Å². The molecule has 6 heteroatoms. The Morgan fingerprint density at radius 2 is 2.00 bits per heavy atom. The lowest BCUT2D eigenvalue weighted by atomic mass is 10.1. The molecule has 0 spiro atoms. The lowest BCUT2D eigenvalue weighted by Crippen LogP contribution is -2.61. The number of pyridine rings is 1. The van der Waals surface area contributed by atoms with Crippen molar-refractivity contribution in [2.75, 3.05) is 50.7 Å². The van der Waals surface area contributed by atoms with E-state index in [0.717, 1.165) is 51.6 Å². The summed E-state index contributed by atoms with van der Waals surface area (Å²) in [5, 5.41) is 3.39. The molecule has 0 aromatic carbocycles. The quantitative estimate of drug-likeness (QED) is 0.875. The van der Waals surface area contributed by atoms with Crippen LogP contribution in [0.2, 0.25) is 0 Å². The molecule has 0 aliphatic carbocycles. The van der Waals surface area contributed by atoms with E-state index in [1.54, 1.807) is 0 Å². The molecule has 0 unspecified atom stereocenters. The minimum Gasteiger partial charge on any atom is -0.353 e. The summed E-state index contributed by atoms with van der Waals surface area (Å²) in [7, 11) is 0. The molecule has 2 aliphatic rings. The lowest BCUT2D eigenvalue weighted by molar-refractivity contribution is -0.135. The number of nitrogens with one attached hydrogen (secondary N) is 1. The second-order valence-corrected chi connectivity index (χ2v) is 6.60. The summed E-state index contributed by atoms with van der Waals surface area (Å²) in [6, 6.07) is 6.40. The Morgan fingerprint density at radius 3 is 2.65 bits per heavy atom. The van der Waals surface area contributed by atoms with Crippen LogP contribution in [0, 0.1) is 0 Å². The molecule has 2 fully saturated rings. The lowest BCUT2D eigenvalue weighted by Gasteiger charge is -2.40. The first-order valence-corrected chi connectivity index (χ1v) is 8.57. The second-order valence-electron chi connectivity index (χ2n) is 6.60. The van der Waals surface area contributed by atoms with Gasteiger partial charge in [-0.15, -0.1) is 0 Å². The molecule has 1 amide bonds. The van der Waals surface area contributed by atoms with Crippen molar-refractivity contribution in [1.82, 2.24) is 20.1 Å². The van der Waals surface area contributed by atoms with Crippen molar-refractivity contribution < 1.29 is 4.79 Å². The largest absolute Gasteiger partial charge is 0.353 e. The number of amides is 1. The molecule has 2 aliphatic heterocycles. The fraction of sp³-hybridized carbons (Fsp3) is 0.647. The number of hydrogen-bond donors (Lipinski definition) is 1. The topological polar surface area (TPSA) is 51.7 Å². The highest BCUT2D eigenvalue weighted by Crippen LogP contribution is 2.14. The summed E-state index contributed by atoms with van der Waals surface area (Å²) >= 11 is 0. The Morgan fingerprint density at radius 1 is 1.22 bits per heavy atom. The summed E-state index contributed by atoms with van der Waals surface area (Å²) in [6.45, 7) is 10.4. The van der Waals surface area contributed by atoms with Crippen molar-refractivity contribution >= 4 is 11.7 Å². The van der Waals surface area contributed by atoms with E-state index in [1.807, 2.05) is 29.3 Å². The third-order valence-electron chi connectivity index (χ3n) is 4.80. The van der Waals surface area contributed by atoms with Gasteiger partial charge in [0, 0.05) is 58.1 Å². The van der Waals surface area contributed by atoms with E-state index >= 15 is 0 Å². The number of aromatic nitrogens is 1. The standard InChI is InChI=1S/C17H27N5O/c1-14(2)22-8-7-18-15(13-22)17(23)21-11-9-20(10-12-21)16-5-3-4-6-19-16/h3-6,14-15,18H,7-13H2,1-2H3/t15-/m1/s1. The maximum atomic E-state index is 12.8. The predicted octanol–water partition coefficient (Wildman–Crippen LogP) is 0.412. The Balaban J connectivity index is 1.54. The number of anilines is 1. The van der Waals surface area contributed by atoms with Crippen LogP contribution in [0.1, 0.15) is 13.8 Å². The van der Waals surface area contributed by atoms with Gasteiger partial charge in [0.05, 0.1) is 6.04 Å². The number of hydrogen-bond acceptors (Lipinski definition) is 5. The van der Waals surface area contributed by atoms with Crippen LogP contribution in [0.25, 0.3) is 0 Å². The zero-order chi connectivity index (χ0) is 16.2. The number of carbonyl (C=O) groups excluding carboxylic acids is 1. The van der Waals surface area contributed by atoms with Gasteiger partial charge in [-0.25, -0.2) is 4.98 Å². The third-order valence-corrected chi connectivity index (χ3v) is 4.80. The van der Waals surface area contributed by atoms with Gasteiger partial charge in [-0.05, 0) is 26.0 Å². The van der Waals surface area contributed by atoms with E-state index in [0.29, 0.717) is 6.04 Å². The fourth-order valence-corrected chi connectivity index (χ4v) is 3.32. The Bertz CT molecular complexity index is 513. The van der Waals surface area contributed by atoms with Crippen LogP contribution in [-0.2, 0) is 4.79 Å². The summed E-state index contributed by atoms with van der Waals surface area (Å²) in [6.07, 6.45) is 1.82. The van der Waals surface area contributed by atoms with Crippen LogP contribution in [0.3, 0.4) is 0 Å². The van der Waals surface area contributed by atoms with Crippen LogP contribution in [0.15, 0.2) is 24.4 Å². The zero-order valence-corrected chi connectivity index (χ0v) is 14.1. The summed E-state index contributed by atoms with van der Waals surface area (Å²) < 4.78 is 0. The maximum Gasteiger partial charge on any atom is 0.241 e. The SMILES string of the molecule is CC(C)N1CCN[C@@H](C(=O)N2CCN(c3ccccn3)CC2)C1. The molecule has 3 rings (SSSR count). The average Bonchev–Trinajstić information content (AvgIpc) is 2.62. The molecule has 1 atom stereocenters. The first-order valence-electron chi connectivity index (χ1n) is 8.57. The van der Waals surface area contributed by atoms with Crippen LogP contribution < -0.4 is 10.2 Å². The molecule has 2 saturated heterocycles. The van der Waals surface area contributed by atoms with Crippen LogP contribution in [0.5, 0.6) is 0 Å². The van der Waals surface area contributed by atoms with Crippen molar-refractivity contribution in [1.29, 1.82) is 0 Å². The van der Waals surface area contributed by atoms with E-state index < -0.39 is 0 Å². The molecule has 1 N–H and O–H groups in total. The Labute approximate surface area is 138 Å². The van der Waals surface area contributed by atoms with Gasteiger partial charge in [-0.3, -0.25) is 9.69 Å². The highest BCUT2D eigenvalue weighted by atomic mass is 16.2. The normalized spacial score (nSPS) is 23.3. The van der Waals surface area contributed by atoms with Crippen molar-refractivity contribution in [2.45, 2.75) is 25.9 Å². The third kappa shape index (κ3) is 3.82. The minimum atomic E-state index is -0.0625. The smallest absolute Gasteiger partial charge is 0.241 e. The van der Waals surface area contributed by atoms with Crippen molar-refractivity contribution in [3.05, 3.63) is 24.4 Å². The molecule has 0 saturated carbocycles. The highest BCUT2D eigenvalue weighted by Gasteiger charge is 2.31.